The molecule has 2 aromatic carbocycles. The normalized spacial score (nSPS) is 10.3. The highest BCUT2D eigenvalue weighted by molar-refractivity contribution is 5.97. The van der Waals surface area contributed by atoms with E-state index in [1.165, 1.54) is 0 Å². The van der Waals surface area contributed by atoms with Crippen LogP contribution in [0.15, 0.2) is 48.5 Å². The molecule has 166 valence electrons. The van der Waals surface area contributed by atoms with Crippen molar-refractivity contribution in [1.82, 2.24) is 10.6 Å². The summed E-state index contributed by atoms with van der Waals surface area (Å²) in [4.78, 5) is 36.1. The van der Waals surface area contributed by atoms with Crippen LogP contribution in [0.1, 0.15) is 40.5 Å². The Bertz CT molecular complexity index is 851. The quantitative estimate of drug-likeness (QED) is 0.390. The van der Waals surface area contributed by atoms with E-state index in [0.29, 0.717) is 36.5 Å². The first-order chi connectivity index (χ1) is 15.0. The van der Waals surface area contributed by atoms with Gasteiger partial charge in [0.05, 0.1) is 6.54 Å². The van der Waals surface area contributed by atoms with Gasteiger partial charge in [-0.3, -0.25) is 14.4 Å². The summed E-state index contributed by atoms with van der Waals surface area (Å²) in [6.07, 6.45) is 1.63. The molecule has 8 nitrogen and oxygen atoms in total. The first-order valence-corrected chi connectivity index (χ1v) is 10.3. The van der Waals surface area contributed by atoms with Gasteiger partial charge in [-0.15, -0.1) is 0 Å². The van der Waals surface area contributed by atoms with Crippen LogP contribution in [0, 0.1) is 0 Å². The van der Waals surface area contributed by atoms with Crippen molar-refractivity contribution in [2.75, 3.05) is 44.0 Å². The number of rotatable bonds is 12. The van der Waals surface area contributed by atoms with Crippen LogP contribution in [0.2, 0.25) is 0 Å². The monoisotopic (exact) mass is 426 g/mol. The van der Waals surface area contributed by atoms with Gasteiger partial charge in [0.1, 0.15) is 0 Å². The Labute approximate surface area is 182 Å². The van der Waals surface area contributed by atoms with Gasteiger partial charge in [-0.2, -0.15) is 0 Å². The van der Waals surface area contributed by atoms with Gasteiger partial charge in [-0.25, -0.2) is 0 Å². The second-order valence-corrected chi connectivity index (χ2v) is 6.91. The molecule has 0 radical (unpaired) electrons. The van der Waals surface area contributed by atoms with Crippen LogP contribution in [0.5, 0.6) is 0 Å². The minimum Gasteiger partial charge on any atom is -0.385 e. The van der Waals surface area contributed by atoms with E-state index in [4.69, 9.17) is 4.74 Å². The fourth-order valence-corrected chi connectivity index (χ4v) is 2.69. The van der Waals surface area contributed by atoms with E-state index in [1.807, 2.05) is 6.92 Å². The average molecular weight is 427 g/mol. The van der Waals surface area contributed by atoms with E-state index in [2.05, 4.69) is 21.3 Å². The Balaban J connectivity index is 1.77. The molecule has 4 N–H and O–H groups in total. The summed E-state index contributed by atoms with van der Waals surface area (Å²) in [6.45, 7) is 3.84. The molecule has 0 aliphatic heterocycles. The molecule has 0 saturated heterocycles. The van der Waals surface area contributed by atoms with Gasteiger partial charge in [0.15, 0.2) is 0 Å². The van der Waals surface area contributed by atoms with Gasteiger partial charge in [0, 0.05) is 49.3 Å². The Morgan fingerprint density at radius 2 is 1.35 bits per heavy atom. The standard InChI is InChI=1S/C23H30N4O4/c1-3-13-24-22(29)17-5-9-19(10-6-17)26-16-21(28)27-20-11-7-18(8-12-20)23(30)25-14-4-15-31-2/h5-12,26H,3-4,13-16H2,1-2H3,(H,24,29)(H,25,30)(H,27,28). The van der Waals surface area contributed by atoms with Crippen LogP contribution in [0.4, 0.5) is 11.4 Å². The molecule has 2 rings (SSSR count). The number of hydrogen-bond donors (Lipinski definition) is 4. The summed E-state index contributed by atoms with van der Waals surface area (Å²) >= 11 is 0. The lowest BCUT2D eigenvalue weighted by molar-refractivity contribution is -0.114. The lowest BCUT2D eigenvalue weighted by Crippen LogP contribution is -2.25. The Hall–Kier alpha value is -3.39. The maximum Gasteiger partial charge on any atom is 0.251 e. The number of ether oxygens (including phenoxy) is 1. The second-order valence-electron chi connectivity index (χ2n) is 6.91. The minimum absolute atomic E-state index is 0.0725. The number of amides is 3. The average Bonchev–Trinajstić information content (AvgIpc) is 2.79. The molecule has 0 atom stereocenters. The van der Waals surface area contributed by atoms with Crippen molar-refractivity contribution in [3.05, 3.63) is 59.7 Å². The van der Waals surface area contributed by atoms with Crippen LogP contribution >= 0.6 is 0 Å². The third kappa shape index (κ3) is 8.47. The molecular formula is C23H30N4O4. The van der Waals surface area contributed by atoms with E-state index in [1.54, 1.807) is 55.6 Å². The first-order valence-electron chi connectivity index (χ1n) is 10.3. The lowest BCUT2D eigenvalue weighted by Gasteiger charge is -2.10. The summed E-state index contributed by atoms with van der Waals surface area (Å²) in [5.41, 5.74) is 2.44. The SMILES string of the molecule is CCCNC(=O)c1ccc(NCC(=O)Nc2ccc(C(=O)NCCCOC)cc2)cc1. The molecule has 8 heteroatoms. The van der Waals surface area contributed by atoms with E-state index >= 15 is 0 Å². The largest absolute Gasteiger partial charge is 0.385 e. The van der Waals surface area contributed by atoms with Gasteiger partial charge < -0.3 is 26.0 Å². The molecule has 0 aliphatic carbocycles. The first kappa shape index (κ1) is 23.9. The van der Waals surface area contributed by atoms with E-state index < -0.39 is 0 Å². The molecule has 0 bridgehead atoms. The predicted octanol–water partition coefficient (Wildman–Crippen LogP) is 2.64. The number of carbonyl (C=O) groups excluding carboxylic acids is 3. The zero-order valence-electron chi connectivity index (χ0n) is 18.0. The molecule has 2 aromatic rings. The number of methoxy groups -OCH3 is 1. The smallest absolute Gasteiger partial charge is 0.251 e. The molecule has 0 aliphatic rings. The summed E-state index contributed by atoms with van der Waals surface area (Å²) in [5, 5.41) is 11.4. The third-order valence-electron chi connectivity index (χ3n) is 4.38. The molecule has 31 heavy (non-hydrogen) atoms. The molecule has 0 spiro atoms. The molecule has 0 heterocycles. The summed E-state index contributed by atoms with van der Waals surface area (Å²) in [6, 6.07) is 13.6. The summed E-state index contributed by atoms with van der Waals surface area (Å²) < 4.78 is 4.94. The van der Waals surface area contributed by atoms with Crippen LogP contribution in [0.25, 0.3) is 0 Å². The molecule has 0 fully saturated rings. The Morgan fingerprint density at radius 3 is 1.90 bits per heavy atom. The molecule has 0 aromatic heterocycles. The molecular weight excluding hydrogens is 396 g/mol. The highest BCUT2D eigenvalue weighted by Crippen LogP contribution is 2.11. The summed E-state index contributed by atoms with van der Waals surface area (Å²) in [5.74, 6) is -0.498. The minimum atomic E-state index is -0.221. The third-order valence-corrected chi connectivity index (χ3v) is 4.38. The number of nitrogens with one attached hydrogen (secondary N) is 4. The Kier molecular flexibility index (Phi) is 10.0. The van der Waals surface area contributed by atoms with Crippen molar-refractivity contribution in [2.45, 2.75) is 19.8 Å². The van der Waals surface area contributed by atoms with Gasteiger partial charge >= 0.3 is 0 Å². The molecule has 3 amide bonds. The highest BCUT2D eigenvalue weighted by Gasteiger charge is 2.07. The number of anilines is 2. The van der Waals surface area contributed by atoms with Crippen LogP contribution in [-0.4, -0.2) is 51.1 Å². The maximum absolute atomic E-state index is 12.2. The van der Waals surface area contributed by atoms with Gasteiger partial charge in [-0.1, -0.05) is 6.92 Å². The van der Waals surface area contributed by atoms with Crippen molar-refractivity contribution in [2.24, 2.45) is 0 Å². The number of hydrogen-bond acceptors (Lipinski definition) is 5. The number of carbonyl (C=O) groups is 3. The zero-order chi connectivity index (χ0) is 22.5. The van der Waals surface area contributed by atoms with Crippen molar-refractivity contribution >= 4 is 29.1 Å². The van der Waals surface area contributed by atoms with Crippen molar-refractivity contribution in [3.63, 3.8) is 0 Å². The highest BCUT2D eigenvalue weighted by atomic mass is 16.5. The van der Waals surface area contributed by atoms with E-state index in [9.17, 15) is 14.4 Å². The van der Waals surface area contributed by atoms with Crippen LogP contribution in [-0.2, 0) is 9.53 Å². The van der Waals surface area contributed by atoms with Crippen molar-refractivity contribution < 1.29 is 19.1 Å². The Morgan fingerprint density at radius 1 is 0.806 bits per heavy atom. The van der Waals surface area contributed by atoms with Crippen molar-refractivity contribution in [1.29, 1.82) is 0 Å². The van der Waals surface area contributed by atoms with Gasteiger partial charge in [0.25, 0.3) is 11.8 Å². The fourth-order valence-electron chi connectivity index (χ4n) is 2.69. The van der Waals surface area contributed by atoms with Crippen LogP contribution < -0.4 is 21.3 Å². The van der Waals surface area contributed by atoms with Crippen LogP contribution in [0.3, 0.4) is 0 Å². The van der Waals surface area contributed by atoms with E-state index in [0.717, 1.165) is 18.5 Å². The molecule has 0 unspecified atom stereocenters. The predicted molar refractivity (Wildman–Crippen MR) is 121 cm³/mol. The lowest BCUT2D eigenvalue weighted by atomic mass is 10.2. The molecule has 0 saturated carbocycles. The van der Waals surface area contributed by atoms with E-state index in [-0.39, 0.29) is 24.3 Å². The second kappa shape index (κ2) is 13.0. The topological polar surface area (TPSA) is 109 Å². The zero-order valence-corrected chi connectivity index (χ0v) is 18.0. The fraction of sp³-hybridized carbons (Fsp3) is 0.348. The summed E-state index contributed by atoms with van der Waals surface area (Å²) in [7, 11) is 1.62. The van der Waals surface area contributed by atoms with Gasteiger partial charge in [0.2, 0.25) is 5.91 Å². The van der Waals surface area contributed by atoms with Gasteiger partial charge in [-0.05, 0) is 61.4 Å². The number of benzene rings is 2. The maximum atomic E-state index is 12.2. The van der Waals surface area contributed by atoms with Crippen molar-refractivity contribution in [3.8, 4) is 0 Å².